The standard InChI is InChI=1S/C19H31N3O3/c1-21(19(14-20)8-3-2-4-9-19)18(24)12-22-10-11-25-13-16(22)15-6-5-7-17(15)23/h15-17,23H,2-13H2,1H3. The smallest absolute Gasteiger partial charge is 0.237 e. The molecule has 1 heterocycles. The second-order valence-corrected chi connectivity index (χ2v) is 7.93. The van der Waals surface area contributed by atoms with Gasteiger partial charge in [-0.2, -0.15) is 5.26 Å². The van der Waals surface area contributed by atoms with Crippen LogP contribution in [0.15, 0.2) is 0 Å². The number of nitrogens with zero attached hydrogens (tertiary/aromatic N) is 3. The molecule has 1 N–H and O–H groups in total. The van der Waals surface area contributed by atoms with E-state index in [4.69, 9.17) is 4.74 Å². The largest absolute Gasteiger partial charge is 0.393 e. The summed E-state index contributed by atoms with van der Waals surface area (Å²) >= 11 is 0. The van der Waals surface area contributed by atoms with Crippen LogP contribution in [0.1, 0.15) is 51.4 Å². The van der Waals surface area contributed by atoms with E-state index in [0.29, 0.717) is 26.3 Å². The molecule has 0 aromatic rings. The van der Waals surface area contributed by atoms with Crippen LogP contribution in [-0.4, -0.2) is 71.8 Å². The quantitative estimate of drug-likeness (QED) is 0.833. The van der Waals surface area contributed by atoms with Crippen LogP contribution < -0.4 is 0 Å². The van der Waals surface area contributed by atoms with Crippen LogP contribution in [0.5, 0.6) is 0 Å². The van der Waals surface area contributed by atoms with Gasteiger partial charge >= 0.3 is 0 Å². The summed E-state index contributed by atoms with van der Waals surface area (Å²) in [7, 11) is 1.79. The highest BCUT2D eigenvalue weighted by Gasteiger charge is 2.42. The zero-order chi connectivity index (χ0) is 17.9. The molecule has 6 heteroatoms. The molecule has 2 aliphatic carbocycles. The Hall–Kier alpha value is -1.16. The number of morpholine rings is 1. The Balaban J connectivity index is 1.66. The van der Waals surface area contributed by atoms with Gasteiger partial charge in [0, 0.05) is 25.6 Å². The van der Waals surface area contributed by atoms with Gasteiger partial charge in [0.2, 0.25) is 5.91 Å². The molecule has 6 nitrogen and oxygen atoms in total. The van der Waals surface area contributed by atoms with E-state index in [1.165, 1.54) is 0 Å². The van der Waals surface area contributed by atoms with Gasteiger partial charge in [-0.25, -0.2) is 0 Å². The predicted octanol–water partition coefficient (Wildman–Crippen LogP) is 1.53. The number of hydrogen-bond acceptors (Lipinski definition) is 5. The average molecular weight is 349 g/mol. The highest BCUT2D eigenvalue weighted by Crippen LogP contribution is 2.34. The number of nitriles is 1. The third-order valence-electron chi connectivity index (χ3n) is 6.55. The molecule has 0 spiro atoms. The summed E-state index contributed by atoms with van der Waals surface area (Å²) in [6.07, 6.45) is 7.33. The lowest BCUT2D eigenvalue weighted by Gasteiger charge is -2.43. The number of ether oxygens (including phenoxy) is 1. The molecule has 3 rings (SSSR count). The van der Waals surface area contributed by atoms with E-state index in [9.17, 15) is 15.2 Å². The maximum atomic E-state index is 12.9. The lowest BCUT2D eigenvalue weighted by atomic mass is 9.81. The Bertz CT molecular complexity index is 513. The molecule has 1 saturated heterocycles. The van der Waals surface area contributed by atoms with Crippen molar-refractivity contribution in [3.05, 3.63) is 0 Å². The lowest BCUT2D eigenvalue weighted by molar-refractivity contribution is -0.140. The number of aliphatic hydroxyl groups is 1. The molecule has 0 aromatic carbocycles. The fourth-order valence-electron chi connectivity index (χ4n) is 4.84. The monoisotopic (exact) mass is 349 g/mol. The van der Waals surface area contributed by atoms with Crippen molar-refractivity contribution in [1.82, 2.24) is 9.80 Å². The molecule has 0 aromatic heterocycles. The summed E-state index contributed by atoms with van der Waals surface area (Å²) in [5.41, 5.74) is -0.635. The van der Waals surface area contributed by atoms with Crippen LogP contribution >= 0.6 is 0 Å². The summed E-state index contributed by atoms with van der Waals surface area (Å²) in [6, 6.07) is 2.54. The van der Waals surface area contributed by atoms with Gasteiger partial charge < -0.3 is 14.7 Å². The molecule has 0 radical (unpaired) electrons. The highest BCUT2D eigenvalue weighted by molar-refractivity contribution is 5.79. The molecule has 1 aliphatic heterocycles. The minimum atomic E-state index is -0.635. The fraction of sp³-hybridized carbons (Fsp3) is 0.895. The van der Waals surface area contributed by atoms with E-state index < -0.39 is 5.54 Å². The molecule has 140 valence electrons. The molecule has 25 heavy (non-hydrogen) atoms. The second kappa shape index (κ2) is 8.03. The number of aliphatic hydroxyl groups excluding tert-OH is 1. The molecule has 1 amide bonds. The van der Waals surface area contributed by atoms with E-state index in [2.05, 4.69) is 11.0 Å². The minimum absolute atomic E-state index is 0.0165. The summed E-state index contributed by atoms with van der Waals surface area (Å²) in [5, 5.41) is 20.0. The number of carbonyl (C=O) groups excluding carboxylic acids is 1. The first-order valence-corrected chi connectivity index (χ1v) is 9.75. The first-order chi connectivity index (χ1) is 12.1. The van der Waals surface area contributed by atoms with Crippen LogP contribution in [0.3, 0.4) is 0 Å². The Morgan fingerprint density at radius 2 is 2.08 bits per heavy atom. The van der Waals surface area contributed by atoms with E-state index in [-0.39, 0.29) is 24.0 Å². The number of hydrogen-bond donors (Lipinski definition) is 1. The van der Waals surface area contributed by atoms with Gasteiger partial charge in [-0.3, -0.25) is 9.69 Å². The molecule has 2 saturated carbocycles. The first-order valence-electron chi connectivity index (χ1n) is 9.75. The number of carbonyl (C=O) groups is 1. The van der Waals surface area contributed by atoms with E-state index >= 15 is 0 Å². The molecular formula is C19H31N3O3. The van der Waals surface area contributed by atoms with Gasteiger partial charge in [0.15, 0.2) is 0 Å². The van der Waals surface area contributed by atoms with Crippen molar-refractivity contribution in [3.63, 3.8) is 0 Å². The van der Waals surface area contributed by atoms with Crippen molar-refractivity contribution < 1.29 is 14.6 Å². The van der Waals surface area contributed by atoms with Crippen molar-refractivity contribution in [2.75, 3.05) is 33.4 Å². The fourth-order valence-corrected chi connectivity index (χ4v) is 4.84. The lowest BCUT2D eigenvalue weighted by Crippen LogP contribution is -2.57. The molecule has 3 fully saturated rings. The Morgan fingerprint density at radius 1 is 1.32 bits per heavy atom. The van der Waals surface area contributed by atoms with Gasteiger partial charge in [-0.1, -0.05) is 25.7 Å². The third kappa shape index (κ3) is 3.84. The summed E-state index contributed by atoms with van der Waals surface area (Å²) in [6.45, 7) is 2.24. The number of amides is 1. The van der Waals surface area contributed by atoms with Crippen LogP contribution in [0.25, 0.3) is 0 Å². The van der Waals surface area contributed by atoms with Crippen molar-refractivity contribution in [2.24, 2.45) is 5.92 Å². The summed E-state index contributed by atoms with van der Waals surface area (Å²) in [5.74, 6) is 0.209. The topological polar surface area (TPSA) is 76.8 Å². The Labute approximate surface area is 150 Å². The van der Waals surface area contributed by atoms with Crippen LogP contribution in [-0.2, 0) is 9.53 Å². The maximum absolute atomic E-state index is 12.9. The Kier molecular flexibility index (Phi) is 5.98. The van der Waals surface area contributed by atoms with Crippen LogP contribution in [0, 0.1) is 17.2 Å². The summed E-state index contributed by atoms with van der Waals surface area (Å²) in [4.78, 5) is 16.8. The first kappa shape index (κ1) is 18.6. The van der Waals surface area contributed by atoms with Gasteiger partial charge in [0.05, 0.1) is 31.9 Å². The van der Waals surface area contributed by atoms with Crippen molar-refractivity contribution in [2.45, 2.75) is 69.1 Å². The maximum Gasteiger partial charge on any atom is 0.237 e. The molecule has 3 atom stereocenters. The normalized spacial score (nSPS) is 32.9. The van der Waals surface area contributed by atoms with Gasteiger partial charge in [0.25, 0.3) is 0 Å². The predicted molar refractivity (Wildman–Crippen MR) is 93.7 cm³/mol. The van der Waals surface area contributed by atoms with Gasteiger partial charge in [-0.05, 0) is 25.7 Å². The zero-order valence-electron chi connectivity index (χ0n) is 15.3. The second-order valence-electron chi connectivity index (χ2n) is 7.93. The third-order valence-corrected chi connectivity index (χ3v) is 6.55. The zero-order valence-corrected chi connectivity index (χ0v) is 15.3. The molecule has 3 unspecified atom stereocenters. The van der Waals surface area contributed by atoms with Crippen LogP contribution in [0.4, 0.5) is 0 Å². The van der Waals surface area contributed by atoms with E-state index in [1.807, 2.05) is 0 Å². The Morgan fingerprint density at radius 3 is 2.72 bits per heavy atom. The van der Waals surface area contributed by atoms with E-state index in [1.54, 1.807) is 11.9 Å². The SMILES string of the molecule is CN(C(=O)CN1CCOCC1C1CCCC1O)C1(C#N)CCCCC1. The number of likely N-dealkylation sites (N-methyl/N-ethyl adjacent to an activating group) is 1. The summed E-state index contributed by atoms with van der Waals surface area (Å²) < 4.78 is 5.64. The van der Waals surface area contributed by atoms with Crippen LogP contribution in [0.2, 0.25) is 0 Å². The van der Waals surface area contributed by atoms with Gasteiger partial charge in [0.1, 0.15) is 5.54 Å². The van der Waals surface area contributed by atoms with Crippen molar-refractivity contribution in [3.8, 4) is 6.07 Å². The molecule has 0 bridgehead atoms. The van der Waals surface area contributed by atoms with Gasteiger partial charge in [-0.15, -0.1) is 0 Å². The van der Waals surface area contributed by atoms with Crippen molar-refractivity contribution in [1.29, 1.82) is 5.26 Å². The molecule has 3 aliphatic rings. The number of rotatable bonds is 4. The molecular weight excluding hydrogens is 318 g/mol. The highest BCUT2D eigenvalue weighted by atomic mass is 16.5. The van der Waals surface area contributed by atoms with Crippen molar-refractivity contribution >= 4 is 5.91 Å². The van der Waals surface area contributed by atoms with E-state index in [0.717, 1.165) is 51.4 Å². The average Bonchev–Trinajstić information content (AvgIpc) is 3.08. The minimum Gasteiger partial charge on any atom is -0.393 e.